The molecule has 0 aliphatic heterocycles. The summed E-state index contributed by atoms with van der Waals surface area (Å²) in [6, 6.07) is 10.3. The van der Waals surface area contributed by atoms with Crippen molar-refractivity contribution in [3.63, 3.8) is 0 Å². The van der Waals surface area contributed by atoms with Gasteiger partial charge in [0.05, 0.1) is 24.7 Å². The van der Waals surface area contributed by atoms with Gasteiger partial charge in [0.15, 0.2) is 0 Å². The maximum absolute atomic E-state index is 14.5. The summed E-state index contributed by atoms with van der Waals surface area (Å²) in [5.41, 5.74) is 2.00. The molecule has 0 heterocycles. The smallest absolute Gasteiger partial charge is 0.338 e. The number of rotatable bonds is 8. The van der Waals surface area contributed by atoms with Gasteiger partial charge in [-0.2, -0.15) is 0 Å². The Labute approximate surface area is 197 Å². The predicted molar refractivity (Wildman–Crippen MR) is 129 cm³/mol. The minimum Gasteiger partial charge on any atom is -0.465 e. The lowest BCUT2D eigenvalue weighted by atomic mass is 10.0. The Kier molecular flexibility index (Phi) is 9.91. The third kappa shape index (κ3) is 8.96. The fourth-order valence-corrected chi connectivity index (χ4v) is 3.77. The monoisotopic (exact) mass is 463 g/mol. The van der Waals surface area contributed by atoms with Gasteiger partial charge in [0.2, 0.25) is 0 Å². The van der Waals surface area contributed by atoms with Gasteiger partial charge in [0.25, 0.3) is 0 Å². The molecule has 0 aliphatic rings. The van der Waals surface area contributed by atoms with Crippen molar-refractivity contribution in [1.82, 2.24) is 0 Å². The van der Waals surface area contributed by atoms with E-state index >= 15 is 0 Å². The highest BCUT2D eigenvalue weighted by molar-refractivity contribution is 6.55. The molecule has 0 saturated heterocycles. The van der Waals surface area contributed by atoms with Crippen LogP contribution in [-0.2, 0) is 20.7 Å². The summed E-state index contributed by atoms with van der Waals surface area (Å²) in [4.78, 5) is 24.2. The van der Waals surface area contributed by atoms with Gasteiger partial charge in [0.1, 0.15) is 5.82 Å². The van der Waals surface area contributed by atoms with Crippen LogP contribution < -0.4 is 0 Å². The quantitative estimate of drug-likeness (QED) is 0.239. The van der Waals surface area contributed by atoms with Crippen LogP contribution >= 0.6 is 0 Å². The molecule has 33 heavy (non-hydrogen) atoms. The number of carbonyl (C=O) groups excluding carboxylic acids is 2. The predicted octanol–water partition coefficient (Wildman–Crippen LogP) is 5.00. The first kappa shape index (κ1) is 25.9. The summed E-state index contributed by atoms with van der Waals surface area (Å²) >= 11 is 0. The van der Waals surface area contributed by atoms with Gasteiger partial charge in [0, 0.05) is 25.5 Å². The molecule has 2 aromatic carbocycles. The Hall–Kier alpha value is -3.35. The summed E-state index contributed by atoms with van der Waals surface area (Å²) in [5.74, 6) is 6.81. The molecule has 0 saturated carbocycles. The van der Waals surface area contributed by atoms with Gasteiger partial charge in [-0.1, -0.05) is 43.0 Å². The van der Waals surface area contributed by atoms with E-state index in [2.05, 4.69) is 30.9 Å². The van der Waals surface area contributed by atoms with Crippen molar-refractivity contribution in [3.8, 4) is 24.2 Å². The Balaban J connectivity index is 2.10. The number of hydrogen-bond donors (Lipinski definition) is 0. The molecular weight excluding hydrogens is 435 g/mol. The maximum Gasteiger partial charge on any atom is 0.338 e. The van der Waals surface area contributed by atoms with Crippen molar-refractivity contribution in [1.29, 1.82) is 0 Å². The van der Waals surface area contributed by atoms with Crippen LogP contribution in [0.15, 0.2) is 36.4 Å². The van der Waals surface area contributed by atoms with Crippen LogP contribution in [0.4, 0.5) is 4.39 Å². The van der Waals surface area contributed by atoms with Gasteiger partial charge in [-0.25, -0.2) is 9.18 Å². The van der Waals surface area contributed by atoms with E-state index in [4.69, 9.17) is 15.9 Å². The zero-order valence-electron chi connectivity index (χ0n) is 19.5. The van der Waals surface area contributed by atoms with Gasteiger partial charge in [-0.3, -0.25) is 4.79 Å². The molecule has 0 spiro atoms. The van der Waals surface area contributed by atoms with Crippen LogP contribution in [-0.4, -0.2) is 33.4 Å². The van der Waals surface area contributed by atoms with Crippen LogP contribution in [0.25, 0.3) is 0 Å². The lowest BCUT2D eigenvalue weighted by Crippen LogP contribution is -2.12. The first-order chi connectivity index (χ1) is 15.7. The molecule has 4 nitrogen and oxygen atoms in total. The molecule has 6 heteroatoms. The summed E-state index contributed by atoms with van der Waals surface area (Å²) in [6.45, 7) is 8.30. The molecule has 171 valence electrons. The molecular formula is C27H28FO4Si. The van der Waals surface area contributed by atoms with Crippen LogP contribution in [0.5, 0.6) is 0 Å². The number of terminal acetylenes is 1. The molecule has 2 aromatic rings. The molecule has 0 N–H and O–H groups in total. The number of hydrogen-bond acceptors (Lipinski definition) is 4. The van der Waals surface area contributed by atoms with Gasteiger partial charge < -0.3 is 9.47 Å². The van der Waals surface area contributed by atoms with E-state index in [1.54, 1.807) is 38.1 Å². The average molecular weight is 464 g/mol. The van der Waals surface area contributed by atoms with Crippen molar-refractivity contribution in [2.45, 2.75) is 51.9 Å². The second-order valence-electron chi connectivity index (χ2n) is 8.16. The van der Waals surface area contributed by atoms with Crippen molar-refractivity contribution in [2.24, 2.45) is 0 Å². The second-order valence-corrected chi connectivity index (χ2v) is 11.1. The number of ether oxygens (including phenoxy) is 2. The second kappa shape index (κ2) is 12.6. The van der Waals surface area contributed by atoms with E-state index in [1.807, 2.05) is 0 Å². The van der Waals surface area contributed by atoms with Crippen molar-refractivity contribution >= 4 is 20.7 Å². The lowest BCUT2D eigenvalue weighted by molar-refractivity contribution is -0.142. The molecule has 0 aromatic heterocycles. The van der Waals surface area contributed by atoms with E-state index < -0.39 is 17.8 Å². The van der Waals surface area contributed by atoms with Gasteiger partial charge in [-0.15, -0.1) is 6.42 Å². The molecule has 1 radical (unpaired) electrons. The third-order valence-corrected chi connectivity index (χ3v) is 5.85. The molecule has 0 atom stereocenters. The highest BCUT2D eigenvalue weighted by atomic mass is 28.3. The first-order valence-electron chi connectivity index (χ1n) is 10.8. The van der Waals surface area contributed by atoms with Gasteiger partial charge >= 0.3 is 11.9 Å². The lowest BCUT2D eigenvalue weighted by Gasteiger charge is -2.08. The minimum atomic E-state index is -0.523. The Bertz CT molecular complexity index is 1100. The van der Waals surface area contributed by atoms with Crippen LogP contribution in [0.3, 0.4) is 0 Å². The van der Waals surface area contributed by atoms with Crippen LogP contribution in [0.2, 0.25) is 19.1 Å². The summed E-state index contributed by atoms with van der Waals surface area (Å²) < 4.78 is 24.9. The normalized spacial score (nSPS) is 10.4. The van der Waals surface area contributed by atoms with Crippen molar-refractivity contribution in [2.75, 3.05) is 6.61 Å². The molecule has 2 rings (SSSR count). The molecule has 0 bridgehead atoms. The molecule has 0 fully saturated rings. The third-order valence-electron chi connectivity index (χ3n) is 4.50. The Morgan fingerprint density at radius 3 is 2.39 bits per heavy atom. The standard InChI is InChI=1S/C27H28FO4Si/c1-6-20-14-22(16-24(15-20)27(30)32-19(2)3)9-8-21-10-11-23(25(28)17-21)18-26(29)31-12-7-13-33(4)5/h1,10-11,14-17,19H,7,12-13,18H2,2-5H3. The van der Waals surface area contributed by atoms with E-state index in [-0.39, 0.29) is 26.9 Å². The molecule has 0 aliphatic carbocycles. The highest BCUT2D eigenvalue weighted by Crippen LogP contribution is 2.14. The van der Waals surface area contributed by atoms with Crippen molar-refractivity contribution < 1.29 is 23.5 Å². The number of benzene rings is 2. The first-order valence-corrected chi connectivity index (χ1v) is 13.5. The van der Waals surface area contributed by atoms with Crippen LogP contribution in [0.1, 0.15) is 52.9 Å². The minimum absolute atomic E-state index is 0.124. The highest BCUT2D eigenvalue weighted by Gasteiger charge is 2.12. The fraction of sp³-hybridized carbons (Fsp3) is 0.333. The van der Waals surface area contributed by atoms with Crippen molar-refractivity contribution in [3.05, 3.63) is 70.0 Å². The number of esters is 2. The largest absolute Gasteiger partial charge is 0.465 e. The average Bonchev–Trinajstić information content (AvgIpc) is 2.76. The topological polar surface area (TPSA) is 52.6 Å². The molecule has 0 amide bonds. The summed E-state index contributed by atoms with van der Waals surface area (Å²) in [7, 11) is -0.340. The number of halogens is 1. The zero-order chi connectivity index (χ0) is 24.4. The zero-order valence-corrected chi connectivity index (χ0v) is 20.5. The summed E-state index contributed by atoms with van der Waals surface area (Å²) in [6.07, 6.45) is 5.94. The fourth-order valence-electron chi connectivity index (χ4n) is 2.91. The van der Waals surface area contributed by atoms with Crippen LogP contribution in [0, 0.1) is 30.0 Å². The molecule has 0 unspecified atom stereocenters. The maximum atomic E-state index is 14.5. The number of carbonyl (C=O) groups is 2. The SMILES string of the molecule is C#Cc1cc(C#Cc2ccc(CC(=O)OCCC[Si](C)C)c(F)c2)cc(C(=O)OC(C)C)c1. The summed E-state index contributed by atoms with van der Waals surface area (Å²) in [5, 5.41) is 0. The van der Waals surface area contributed by atoms with E-state index in [9.17, 15) is 14.0 Å². The van der Waals surface area contributed by atoms with E-state index in [0.717, 1.165) is 12.5 Å². The van der Waals surface area contributed by atoms with E-state index in [0.29, 0.717) is 28.9 Å². The van der Waals surface area contributed by atoms with E-state index in [1.165, 1.54) is 12.1 Å². The Morgan fingerprint density at radius 1 is 1.06 bits per heavy atom. The Morgan fingerprint density at radius 2 is 1.76 bits per heavy atom. The van der Waals surface area contributed by atoms with Gasteiger partial charge in [-0.05, 0) is 56.2 Å².